The van der Waals surface area contributed by atoms with Crippen molar-refractivity contribution in [1.29, 1.82) is 0 Å². The third-order valence-corrected chi connectivity index (χ3v) is 19.5. The Labute approximate surface area is 570 Å². The van der Waals surface area contributed by atoms with E-state index in [1.54, 1.807) is 12.1 Å². The van der Waals surface area contributed by atoms with Crippen LogP contribution in [0.25, 0.3) is 132 Å². The van der Waals surface area contributed by atoms with Crippen molar-refractivity contribution in [3.05, 3.63) is 362 Å². The molecule has 0 aliphatic carbocycles. The van der Waals surface area contributed by atoms with E-state index >= 15 is 0 Å². The number of hydrogen-bond acceptors (Lipinski definition) is 2. The van der Waals surface area contributed by atoms with Gasteiger partial charge in [0.1, 0.15) is 5.82 Å². The molecule has 100 heavy (non-hydrogen) atoms. The molecular formula is C90H54F6N4. The monoisotopic (exact) mass is 1300 g/mol. The van der Waals surface area contributed by atoms with Crippen LogP contribution >= 0.6 is 0 Å². The summed E-state index contributed by atoms with van der Waals surface area (Å²) in [6.45, 7) is 0. The summed E-state index contributed by atoms with van der Waals surface area (Å²) in [7, 11) is 0. The molecule has 4 heterocycles. The van der Waals surface area contributed by atoms with Gasteiger partial charge in [-0.05, 0) is 159 Å². The van der Waals surface area contributed by atoms with Gasteiger partial charge in [-0.1, -0.05) is 218 Å². The third-order valence-electron chi connectivity index (χ3n) is 19.5. The number of aromatic nitrogens is 2. The number of anilines is 6. The van der Waals surface area contributed by atoms with E-state index in [4.69, 9.17) is 0 Å². The minimum atomic E-state index is -2.19. The molecule has 19 rings (SSSR count). The van der Waals surface area contributed by atoms with Crippen molar-refractivity contribution >= 4 is 110 Å². The Morgan fingerprint density at radius 1 is 0.190 bits per heavy atom. The van der Waals surface area contributed by atoms with Gasteiger partial charge in [0.15, 0.2) is 23.3 Å². The van der Waals surface area contributed by atoms with E-state index in [0.717, 1.165) is 72.9 Å². The van der Waals surface area contributed by atoms with Crippen LogP contribution in [0.5, 0.6) is 0 Å². The van der Waals surface area contributed by atoms with E-state index in [1.807, 2.05) is 89.8 Å². The van der Waals surface area contributed by atoms with Crippen molar-refractivity contribution in [1.82, 2.24) is 8.80 Å². The zero-order chi connectivity index (χ0) is 67.3. The molecule has 0 aliphatic heterocycles. The van der Waals surface area contributed by atoms with E-state index in [-0.39, 0.29) is 11.4 Å². The molecule has 0 fully saturated rings. The van der Waals surface area contributed by atoms with Crippen LogP contribution in [-0.4, -0.2) is 8.80 Å². The lowest BCUT2D eigenvalue weighted by Gasteiger charge is -2.26. The quantitative estimate of drug-likeness (QED) is 0.0728. The highest BCUT2D eigenvalue weighted by molar-refractivity contribution is 6.25. The molecule has 15 aromatic carbocycles. The maximum atomic E-state index is 14.8. The Balaban J connectivity index is 0.000000147. The molecule has 0 radical (unpaired) electrons. The second-order valence-corrected chi connectivity index (χ2v) is 25.1. The van der Waals surface area contributed by atoms with E-state index in [9.17, 15) is 26.3 Å². The summed E-state index contributed by atoms with van der Waals surface area (Å²) in [5.41, 5.74) is 20.0. The smallest absolute Gasteiger partial charge is 0.200 e. The van der Waals surface area contributed by atoms with E-state index < -0.39 is 34.6 Å². The van der Waals surface area contributed by atoms with Crippen molar-refractivity contribution in [3.8, 4) is 55.6 Å². The van der Waals surface area contributed by atoms with Gasteiger partial charge in [-0.3, -0.25) is 0 Å². The highest BCUT2D eigenvalue weighted by Crippen LogP contribution is 2.45. The molecule has 0 saturated carbocycles. The van der Waals surface area contributed by atoms with Crippen LogP contribution < -0.4 is 9.80 Å². The van der Waals surface area contributed by atoms with Gasteiger partial charge in [-0.15, -0.1) is 0 Å². The zero-order valence-electron chi connectivity index (χ0n) is 53.2. The number of rotatable bonds is 11. The molecule has 0 atom stereocenters. The Morgan fingerprint density at radius 2 is 0.450 bits per heavy atom. The predicted molar refractivity (Wildman–Crippen MR) is 398 cm³/mol. The zero-order valence-corrected chi connectivity index (χ0v) is 53.2. The number of nitrogens with zero attached hydrogens (tertiary/aromatic N) is 4. The number of fused-ring (bicyclic) bond motifs is 12. The molecule has 19 aromatic rings. The Kier molecular flexibility index (Phi) is 14.3. The van der Waals surface area contributed by atoms with Crippen molar-refractivity contribution in [2.75, 3.05) is 9.80 Å². The second-order valence-electron chi connectivity index (χ2n) is 25.1. The molecule has 0 spiro atoms. The van der Waals surface area contributed by atoms with E-state index in [0.29, 0.717) is 5.69 Å². The molecule has 4 nitrogen and oxygen atoms in total. The average Bonchev–Trinajstić information content (AvgIpc) is 1.55. The molecule has 10 heteroatoms. The van der Waals surface area contributed by atoms with Gasteiger partial charge in [-0.2, -0.15) is 0 Å². The molecule has 0 unspecified atom stereocenters. The second kappa shape index (κ2) is 24.0. The van der Waals surface area contributed by atoms with Gasteiger partial charge in [0, 0.05) is 77.2 Å². The van der Waals surface area contributed by atoms with Gasteiger partial charge in [0.2, 0.25) is 5.82 Å². The molecule has 0 bridgehead atoms. The van der Waals surface area contributed by atoms with Crippen LogP contribution in [0.15, 0.2) is 328 Å². The van der Waals surface area contributed by atoms with E-state index in [2.05, 4.69) is 220 Å². The number of hydrogen-bond donors (Lipinski definition) is 0. The molecule has 476 valence electrons. The lowest BCUT2D eigenvalue weighted by atomic mass is 10.0. The summed E-state index contributed by atoms with van der Waals surface area (Å²) in [5, 5.41) is 9.98. The van der Waals surface area contributed by atoms with Gasteiger partial charge in [0.05, 0.1) is 38.7 Å². The van der Waals surface area contributed by atoms with Gasteiger partial charge in [0.25, 0.3) is 0 Å². The van der Waals surface area contributed by atoms with Crippen LogP contribution in [0.4, 0.5) is 60.5 Å². The van der Waals surface area contributed by atoms with Crippen LogP contribution in [0.3, 0.4) is 0 Å². The SMILES string of the molecule is Fc1c(F)c(F)c(-c2ccc(N(c3ccc(-c4ccccc4)cc3)c3ccc(-c4ccc5c6cccc7c8ccccc8n(c5c4)c76)cc3)cc2)c(F)c1F.Fc1ccc(N(c2ccc(-c3ccccc3)cc2)c2ccc(-c3ccc4c5cccc6c7ccccc7n(c4c3)c65)cc2)cc1. The van der Waals surface area contributed by atoms with E-state index in [1.165, 1.54) is 101 Å². The molecule has 0 saturated heterocycles. The normalized spacial score (nSPS) is 11.7. The fraction of sp³-hybridized carbons (Fsp3) is 0. The highest BCUT2D eigenvalue weighted by atomic mass is 19.2. The summed E-state index contributed by atoms with van der Waals surface area (Å²) < 4.78 is 90.2. The molecule has 4 aromatic heterocycles. The third kappa shape index (κ3) is 9.85. The Bertz CT molecular complexity index is 6270. The summed E-state index contributed by atoms with van der Waals surface area (Å²) in [5.74, 6) is -10.2. The van der Waals surface area contributed by atoms with Crippen LogP contribution in [0.2, 0.25) is 0 Å². The number of para-hydroxylation sites is 4. The first kappa shape index (κ1) is 59.6. The lowest BCUT2D eigenvalue weighted by Crippen LogP contribution is -2.10. The predicted octanol–water partition coefficient (Wildman–Crippen LogP) is 25.8. The van der Waals surface area contributed by atoms with Crippen LogP contribution in [0.1, 0.15) is 0 Å². The lowest BCUT2D eigenvalue weighted by molar-refractivity contribution is 0.381. The molecule has 0 amide bonds. The van der Waals surface area contributed by atoms with Crippen molar-refractivity contribution in [2.45, 2.75) is 0 Å². The average molecular weight is 1310 g/mol. The highest BCUT2D eigenvalue weighted by Gasteiger charge is 2.28. The topological polar surface area (TPSA) is 15.3 Å². The summed E-state index contributed by atoms with van der Waals surface area (Å²) in [6, 6.07) is 110. The minimum Gasteiger partial charge on any atom is -0.311 e. The first-order valence-corrected chi connectivity index (χ1v) is 32.9. The fourth-order valence-electron chi connectivity index (χ4n) is 14.8. The molecule has 0 N–H and O–H groups in total. The largest absolute Gasteiger partial charge is 0.311 e. The standard InChI is InChI=1S/C48H27F5N2.C42H27FN2/c49-43-42(44(50)46(52)47(53)45(43)51)31-17-24-35(25-18-31)54(33-20-13-29(14-21-33)28-7-2-1-3-8-28)34-22-15-30(16-23-34)32-19-26-37-39-11-6-10-38-36-9-4-5-12-40(36)55(48(38)39)41(37)27-32;43-32-18-24-35(25-19-32)44(33-20-13-29(14-21-33)28-7-2-1-3-8-28)34-22-15-30(16-23-34)31-17-26-37-39-11-6-10-38-36-9-4-5-12-40(36)45(42(38)39)41(37)27-31/h1-27H;1-27H. The Morgan fingerprint density at radius 3 is 0.810 bits per heavy atom. The van der Waals surface area contributed by atoms with Crippen molar-refractivity contribution in [3.63, 3.8) is 0 Å². The van der Waals surface area contributed by atoms with Crippen molar-refractivity contribution < 1.29 is 26.3 Å². The van der Waals surface area contributed by atoms with Crippen molar-refractivity contribution in [2.24, 2.45) is 0 Å². The fourth-order valence-corrected chi connectivity index (χ4v) is 14.8. The van der Waals surface area contributed by atoms with Crippen LogP contribution in [0, 0.1) is 34.9 Å². The summed E-state index contributed by atoms with van der Waals surface area (Å²) in [6.07, 6.45) is 0. The molecule has 0 aliphatic rings. The number of benzene rings is 15. The van der Waals surface area contributed by atoms with Gasteiger partial charge >= 0.3 is 0 Å². The minimum absolute atomic E-state index is 0.141. The molecular weight excluding hydrogens is 1250 g/mol. The maximum Gasteiger partial charge on any atom is 0.200 e. The summed E-state index contributed by atoms with van der Waals surface area (Å²) in [4.78, 5) is 4.14. The van der Waals surface area contributed by atoms with Gasteiger partial charge in [-0.25, -0.2) is 26.3 Å². The summed E-state index contributed by atoms with van der Waals surface area (Å²) >= 11 is 0. The number of halogens is 6. The van der Waals surface area contributed by atoms with Crippen LogP contribution in [-0.2, 0) is 0 Å². The first-order chi connectivity index (χ1) is 49.1. The first-order valence-electron chi connectivity index (χ1n) is 32.9. The maximum absolute atomic E-state index is 14.8. The Hall–Kier alpha value is -12.9. The van der Waals surface area contributed by atoms with Gasteiger partial charge < -0.3 is 18.6 Å².